The zero-order chi connectivity index (χ0) is 30.1. The number of hydrogen-bond donors (Lipinski definition) is 1. The summed E-state index contributed by atoms with van der Waals surface area (Å²) in [6, 6.07) is 10.3. The maximum atomic E-state index is 13.7. The molecule has 8 nitrogen and oxygen atoms in total. The molecule has 0 spiro atoms. The van der Waals surface area contributed by atoms with Gasteiger partial charge in [-0.2, -0.15) is 0 Å². The zero-order valence-electron chi connectivity index (χ0n) is 24.3. The number of aromatic nitrogens is 3. The second-order valence-corrected chi connectivity index (χ2v) is 13.1. The maximum absolute atomic E-state index is 13.7. The van der Waals surface area contributed by atoms with Gasteiger partial charge in [-0.1, -0.05) is 49.7 Å². The minimum absolute atomic E-state index is 0.0582. The monoisotopic (exact) mass is 646 g/mol. The third kappa shape index (κ3) is 7.34. The fourth-order valence-corrected chi connectivity index (χ4v) is 5.58. The van der Waals surface area contributed by atoms with Crippen LogP contribution >= 0.6 is 27.5 Å². The lowest BCUT2D eigenvalue weighted by Crippen LogP contribution is -2.57. The molecule has 0 unspecified atom stereocenters. The van der Waals surface area contributed by atoms with E-state index in [-0.39, 0.29) is 35.8 Å². The van der Waals surface area contributed by atoms with Gasteiger partial charge >= 0.3 is 0 Å². The zero-order valence-corrected chi connectivity index (χ0v) is 26.6. The van der Waals surface area contributed by atoms with Gasteiger partial charge in [0, 0.05) is 43.7 Å². The average molecular weight is 648 g/mol. The standard InChI is InChI=1S/C30H37BrClFN6O2/c1-18-14-37(28(40)24-11-21(7-9-26(24)32)13-34-29(41)30(4,5)6)15-19(2)38(18)16-23-17-39(36-35-23)20(3)22-8-10-27(33)25(31)12-22/h7-12,17-20H,13-16H2,1-6H3,(H,34,41)/t18-,19+,20-/m1/s1. The lowest BCUT2D eigenvalue weighted by molar-refractivity contribution is -0.128. The molecule has 3 aromatic rings. The summed E-state index contributed by atoms with van der Waals surface area (Å²) in [5, 5.41) is 12.0. The van der Waals surface area contributed by atoms with Gasteiger partial charge in [0.15, 0.2) is 0 Å². The van der Waals surface area contributed by atoms with E-state index in [9.17, 15) is 14.0 Å². The van der Waals surface area contributed by atoms with Crippen molar-refractivity contribution < 1.29 is 14.0 Å². The summed E-state index contributed by atoms with van der Waals surface area (Å²) in [7, 11) is 0. The summed E-state index contributed by atoms with van der Waals surface area (Å²) in [6.45, 7) is 13.8. The summed E-state index contributed by atoms with van der Waals surface area (Å²) in [5.74, 6) is -0.486. The van der Waals surface area contributed by atoms with Gasteiger partial charge in [-0.05, 0) is 72.1 Å². The molecule has 41 heavy (non-hydrogen) atoms. The summed E-state index contributed by atoms with van der Waals surface area (Å²) in [5.41, 5.74) is 2.50. The highest BCUT2D eigenvalue weighted by Crippen LogP contribution is 2.26. The second-order valence-electron chi connectivity index (χ2n) is 11.9. The van der Waals surface area contributed by atoms with Crippen LogP contribution in [0.5, 0.6) is 0 Å². The average Bonchev–Trinajstić information content (AvgIpc) is 3.38. The van der Waals surface area contributed by atoms with E-state index in [1.54, 1.807) is 28.9 Å². The minimum Gasteiger partial charge on any atom is -0.352 e. The van der Waals surface area contributed by atoms with Gasteiger partial charge in [0.25, 0.3) is 5.91 Å². The first-order chi connectivity index (χ1) is 19.2. The summed E-state index contributed by atoms with van der Waals surface area (Å²) in [4.78, 5) is 30.0. The Morgan fingerprint density at radius 3 is 2.46 bits per heavy atom. The molecule has 0 aliphatic carbocycles. The number of nitrogens with one attached hydrogen (secondary N) is 1. The first-order valence-electron chi connectivity index (χ1n) is 13.7. The number of nitrogens with zero attached hydrogens (tertiary/aromatic N) is 5. The Morgan fingerprint density at radius 2 is 1.83 bits per heavy atom. The predicted octanol–water partition coefficient (Wildman–Crippen LogP) is 5.84. The molecule has 0 bridgehead atoms. The normalized spacial score (nSPS) is 18.8. The van der Waals surface area contributed by atoms with Crippen LogP contribution in [0.1, 0.15) is 74.8 Å². The van der Waals surface area contributed by atoms with E-state index in [4.69, 9.17) is 11.6 Å². The van der Waals surface area contributed by atoms with Crippen molar-refractivity contribution in [1.29, 1.82) is 0 Å². The molecule has 1 N–H and O–H groups in total. The molecule has 1 aromatic heterocycles. The van der Waals surface area contributed by atoms with Gasteiger partial charge in [0.05, 0.1) is 33.0 Å². The van der Waals surface area contributed by atoms with Crippen molar-refractivity contribution in [3.05, 3.63) is 80.3 Å². The largest absolute Gasteiger partial charge is 0.352 e. The molecule has 4 rings (SSSR count). The van der Waals surface area contributed by atoms with Crippen LogP contribution in [0.2, 0.25) is 5.02 Å². The van der Waals surface area contributed by atoms with Crippen molar-refractivity contribution in [1.82, 2.24) is 30.1 Å². The molecule has 2 aromatic carbocycles. The molecule has 1 aliphatic rings. The van der Waals surface area contributed by atoms with Gasteiger partial charge in [-0.25, -0.2) is 9.07 Å². The Kier molecular flexibility index (Phi) is 9.56. The van der Waals surface area contributed by atoms with Crippen molar-refractivity contribution >= 4 is 39.3 Å². The van der Waals surface area contributed by atoms with E-state index in [2.05, 4.69) is 50.3 Å². The van der Waals surface area contributed by atoms with E-state index >= 15 is 0 Å². The Balaban J connectivity index is 1.40. The van der Waals surface area contributed by atoms with Crippen LogP contribution in [0.3, 0.4) is 0 Å². The van der Waals surface area contributed by atoms with Crippen molar-refractivity contribution in [2.45, 2.75) is 72.8 Å². The molecule has 3 atom stereocenters. The molecule has 220 valence electrons. The molecule has 2 amide bonds. The third-order valence-electron chi connectivity index (χ3n) is 7.51. The van der Waals surface area contributed by atoms with Gasteiger partial charge in [0.1, 0.15) is 5.82 Å². The van der Waals surface area contributed by atoms with E-state index in [0.29, 0.717) is 41.2 Å². The van der Waals surface area contributed by atoms with Crippen LogP contribution in [0, 0.1) is 11.2 Å². The number of amides is 2. The van der Waals surface area contributed by atoms with Crippen LogP contribution in [0.15, 0.2) is 47.1 Å². The molecule has 1 fully saturated rings. The molecule has 11 heteroatoms. The number of carbonyl (C=O) groups is 2. The van der Waals surface area contributed by atoms with Crippen molar-refractivity contribution in [3.63, 3.8) is 0 Å². The maximum Gasteiger partial charge on any atom is 0.255 e. The summed E-state index contributed by atoms with van der Waals surface area (Å²) in [6.07, 6.45) is 1.92. The fourth-order valence-electron chi connectivity index (χ4n) is 4.99. The molecule has 2 heterocycles. The lowest BCUT2D eigenvalue weighted by Gasteiger charge is -2.44. The summed E-state index contributed by atoms with van der Waals surface area (Å²) < 4.78 is 15.9. The highest BCUT2D eigenvalue weighted by molar-refractivity contribution is 9.10. The minimum atomic E-state index is -0.497. The summed E-state index contributed by atoms with van der Waals surface area (Å²) >= 11 is 9.71. The third-order valence-corrected chi connectivity index (χ3v) is 8.45. The predicted molar refractivity (Wildman–Crippen MR) is 161 cm³/mol. The van der Waals surface area contributed by atoms with Crippen molar-refractivity contribution in [2.24, 2.45) is 5.41 Å². The molecular weight excluding hydrogens is 611 g/mol. The number of carbonyl (C=O) groups excluding carboxylic acids is 2. The van der Waals surface area contributed by atoms with Crippen LogP contribution in [-0.4, -0.2) is 61.8 Å². The van der Waals surface area contributed by atoms with Gasteiger partial charge in [0.2, 0.25) is 5.91 Å². The van der Waals surface area contributed by atoms with Gasteiger partial charge in [-0.3, -0.25) is 14.5 Å². The van der Waals surface area contributed by atoms with Crippen molar-refractivity contribution in [3.8, 4) is 0 Å². The Morgan fingerprint density at radius 1 is 1.15 bits per heavy atom. The fraction of sp³-hybridized carbons (Fsp3) is 0.467. The first-order valence-corrected chi connectivity index (χ1v) is 14.9. The Bertz CT molecular complexity index is 1410. The number of hydrogen-bond acceptors (Lipinski definition) is 5. The van der Waals surface area contributed by atoms with Crippen molar-refractivity contribution in [2.75, 3.05) is 13.1 Å². The SMILES string of the molecule is C[C@@H]1CN(C(=O)c2cc(CNC(=O)C(C)(C)C)ccc2Cl)C[C@H](C)N1Cc1cn([C@H](C)c2ccc(F)c(Br)c2)nn1. The van der Waals surface area contributed by atoms with Crippen LogP contribution in [0.25, 0.3) is 0 Å². The highest BCUT2D eigenvalue weighted by Gasteiger charge is 2.33. The van der Waals surface area contributed by atoms with Crippen LogP contribution in [-0.2, 0) is 17.9 Å². The molecule has 0 saturated carbocycles. The van der Waals surface area contributed by atoms with Crippen LogP contribution < -0.4 is 5.32 Å². The molecule has 1 aliphatic heterocycles. The van der Waals surface area contributed by atoms with E-state index in [1.165, 1.54) is 6.07 Å². The van der Waals surface area contributed by atoms with E-state index in [0.717, 1.165) is 16.8 Å². The highest BCUT2D eigenvalue weighted by atomic mass is 79.9. The van der Waals surface area contributed by atoms with Gasteiger partial charge in [-0.15, -0.1) is 5.10 Å². The number of halogens is 3. The second kappa shape index (κ2) is 12.6. The smallest absolute Gasteiger partial charge is 0.255 e. The van der Waals surface area contributed by atoms with E-state index in [1.807, 2.05) is 44.9 Å². The molecule has 1 saturated heterocycles. The topological polar surface area (TPSA) is 83.4 Å². The first kappa shape index (κ1) is 31.1. The molecule has 0 radical (unpaired) electrons. The quantitative estimate of drug-likeness (QED) is 0.349. The number of benzene rings is 2. The lowest BCUT2D eigenvalue weighted by atomic mass is 9.95. The number of rotatable bonds is 7. The molecular formula is C30H37BrClFN6O2. The van der Waals surface area contributed by atoms with Crippen LogP contribution in [0.4, 0.5) is 4.39 Å². The van der Waals surface area contributed by atoms with Gasteiger partial charge < -0.3 is 10.2 Å². The Hall–Kier alpha value is -2.82. The Labute approximate surface area is 254 Å². The number of piperazine rings is 1. The van der Waals surface area contributed by atoms with E-state index < -0.39 is 5.41 Å².